The van der Waals surface area contributed by atoms with Gasteiger partial charge in [0.15, 0.2) is 0 Å². The van der Waals surface area contributed by atoms with Crippen molar-refractivity contribution in [1.82, 2.24) is 0 Å². The van der Waals surface area contributed by atoms with Crippen molar-refractivity contribution in [2.24, 2.45) is 4.99 Å². The van der Waals surface area contributed by atoms with Crippen LogP contribution in [0.25, 0.3) is 5.70 Å². The minimum absolute atomic E-state index is 0.187. The van der Waals surface area contributed by atoms with E-state index < -0.39 is 5.97 Å². The Labute approximate surface area is 171 Å². The molecule has 0 unspecified atom stereocenters. The molecule has 0 saturated heterocycles. The second kappa shape index (κ2) is 8.15. The average molecular weight is 385 g/mol. The van der Waals surface area contributed by atoms with E-state index in [9.17, 15) is 10.1 Å². The van der Waals surface area contributed by atoms with Gasteiger partial charge in [-0.25, -0.2) is 9.79 Å². The predicted octanol–water partition coefficient (Wildman–Crippen LogP) is 4.48. The maximum atomic E-state index is 11.8. The molecule has 0 saturated carbocycles. The fourth-order valence-corrected chi connectivity index (χ4v) is 3.60. The molecule has 0 radical (unpaired) electrons. The van der Waals surface area contributed by atoms with Crippen molar-refractivity contribution in [3.8, 4) is 6.07 Å². The lowest BCUT2D eigenvalue weighted by Gasteiger charge is -2.23. The number of fused-ring (bicyclic) bond motifs is 1. The van der Waals surface area contributed by atoms with Crippen LogP contribution in [0.1, 0.15) is 25.0 Å². The number of nitriles is 1. The van der Waals surface area contributed by atoms with Crippen molar-refractivity contribution in [1.29, 1.82) is 5.26 Å². The van der Waals surface area contributed by atoms with Gasteiger partial charge < -0.3 is 9.64 Å². The largest absolute Gasteiger partial charge is 0.464 e. The summed E-state index contributed by atoms with van der Waals surface area (Å²) in [4.78, 5) is 18.3. The van der Waals surface area contributed by atoms with Crippen molar-refractivity contribution in [3.63, 3.8) is 0 Å². The van der Waals surface area contributed by atoms with Gasteiger partial charge in [-0.2, -0.15) is 5.26 Å². The third-order valence-electron chi connectivity index (χ3n) is 5.13. The lowest BCUT2D eigenvalue weighted by molar-refractivity contribution is -0.132. The molecule has 0 fully saturated rings. The number of para-hydroxylation sites is 1. The van der Waals surface area contributed by atoms with Crippen molar-refractivity contribution < 1.29 is 9.53 Å². The summed E-state index contributed by atoms with van der Waals surface area (Å²) >= 11 is 0. The van der Waals surface area contributed by atoms with Gasteiger partial charge >= 0.3 is 5.97 Å². The molecule has 5 heteroatoms. The number of carbonyl (C=O) groups excluding carboxylic acids is 1. The fraction of sp³-hybridized carbons (Fsp3) is 0.208. The van der Waals surface area contributed by atoms with Crippen molar-refractivity contribution in [2.45, 2.75) is 19.3 Å². The van der Waals surface area contributed by atoms with Crippen LogP contribution in [0, 0.1) is 11.3 Å². The Morgan fingerprint density at radius 1 is 1.14 bits per heavy atom. The molecule has 2 aromatic carbocycles. The summed E-state index contributed by atoms with van der Waals surface area (Å²) in [7, 11) is 3.27. The number of benzene rings is 2. The number of rotatable bonds is 4. The number of anilines is 1. The predicted molar refractivity (Wildman–Crippen MR) is 115 cm³/mol. The van der Waals surface area contributed by atoms with E-state index in [4.69, 9.17) is 0 Å². The van der Waals surface area contributed by atoms with Gasteiger partial charge in [-0.3, -0.25) is 0 Å². The van der Waals surface area contributed by atoms with E-state index in [1.165, 1.54) is 12.7 Å². The summed E-state index contributed by atoms with van der Waals surface area (Å²) in [6.07, 6.45) is 3.84. The highest BCUT2D eigenvalue weighted by molar-refractivity contribution is 6.43. The number of nitrogens with zero attached hydrogens (tertiary/aromatic N) is 3. The second-order valence-corrected chi connectivity index (χ2v) is 7.23. The molecule has 1 aliphatic heterocycles. The summed E-state index contributed by atoms with van der Waals surface area (Å²) in [5.74, 6) is -0.757. The van der Waals surface area contributed by atoms with Crippen LogP contribution >= 0.6 is 0 Å². The molecule has 0 aromatic heterocycles. The first-order valence-electron chi connectivity index (χ1n) is 9.28. The van der Waals surface area contributed by atoms with Gasteiger partial charge in [0.1, 0.15) is 6.07 Å². The minimum Gasteiger partial charge on any atom is -0.464 e. The average Bonchev–Trinajstić information content (AvgIpc) is 2.94. The lowest BCUT2D eigenvalue weighted by Crippen LogP contribution is -2.22. The van der Waals surface area contributed by atoms with Gasteiger partial charge in [-0.15, -0.1) is 0 Å². The van der Waals surface area contributed by atoms with Crippen molar-refractivity contribution in [2.75, 3.05) is 19.1 Å². The molecule has 0 spiro atoms. The first kappa shape index (κ1) is 20.1. The molecule has 1 heterocycles. The Hall–Kier alpha value is -3.65. The molecular weight excluding hydrogens is 362 g/mol. The minimum atomic E-state index is -0.757. The van der Waals surface area contributed by atoms with E-state index in [2.05, 4.69) is 40.6 Å². The standard InChI is InChI=1S/C24H23N3O2/c1-24(2)18-12-8-9-13-21(18)27(3)22(24)15-14-19(17-10-6-5-7-11-17)26-20(16-25)23(28)29-4/h5-15H,1-4H3/b19-14+,22-15+,26-20?. The van der Waals surface area contributed by atoms with E-state index in [1.54, 1.807) is 0 Å². The Kier molecular flexibility index (Phi) is 5.65. The van der Waals surface area contributed by atoms with Crippen molar-refractivity contribution >= 4 is 23.1 Å². The maximum Gasteiger partial charge on any atom is 0.367 e. The molecule has 5 nitrogen and oxygen atoms in total. The first-order chi connectivity index (χ1) is 13.9. The van der Waals surface area contributed by atoms with Crippen LogP contribution < -0.4 is 4.90 Å². The number of allylic oxidation sites excluding steroid dienone is 3. The lowest BCUT2D eigenvalue weighted by atomic mass is 9.83. The molecule has 29 heavy (non-hydrogen) atoms. The van der Waals surface area contributed by atoms with Crippen LogP contribution in [0.2, 0.25) is 0 Å². The van der Waals surface area contributed by atoms with Gasteiger partial charge in [-0.1, -0.05) is 62.4 Å². The number of hydrogen-bond acceptors (Lipinski definition) is 5. The maximum absolute atomic E-state index is 11.8. The first-order valence-corrected chi connectivity index (χ1v) is 9.28. The number of esters is 1. The Morgan fingerprint density at radius 3 is 2.41 bits per heavy atom. The molecular formula is C24H23N3O2. The number of ether oxygens (including phenoxy) is 1. The second-order valence-electron chi connectivity index (χ2n) is 7.23. The van der Waals surface area contributed by atoms with Crippen molar-refractivity contribution in [3.05, 3.63) is 83.6 Å². The third-order valence-corrected chi connectivity index (χ3v) is 5.13. The number of aliphatic imine (C=N–C) groups is 1. The topological polar surface area (TPSA) is 65.7 Å². The monoisotopic (exact) mass is 385 g/mol. The zero-order chi connectivity index (χ0) is 21.0. The fourth-order valence-electron chi connectivity index (χ4n) is 3.60. The highest BCUT2D eigenvalue weighted by Gasteiger charge is 2.37. The third kappa shape index (κ3) is 3.83. The molecule has 146 valence electrons. The quantitative estimate of drug-likeness (QED) is 0.575. The van der Waals surface area contributed by atoms with Crippen LogP contribution in [0.3, 0.4) is 0 Å². The summed E-state index contributed by atoms with van der Waals surface area (Å²) in [6.45, 7) is 4.35. The number of carbonyl (C=O) groups is 1. The van der Waals surface area contributed by atoms with E-state index in [-0.39, 0.29) is 11.1 Å². The molecule has 0 bridgehead atoms. The van der Waals surface area contributed by atoms with Crippen LogP contribution in [-0.2, 0) is 14.9 Å². The zero-order valence-corrected chi connectivity index (χ0v) is 17.0. The Bertz CT molecular complexity index is 1060. The van der Waals surface area contributed by atoms with Crippen LogP contribution in [0.15, 0.2) is 77.4 Å². The van der Waals surface area contributed by atoms with E-state index in [0.717, 1.165) is 16.9 Å². The molecule has 1 aliphatic rings. The molecule has 3 rings (SSSR count). The van der Waals surface area contributed by atoms with E-state index in [0.29, 0.717) is 5.70 Å². The summed E-state index contributed by atoms with van der Waals surface area (Å²) in [5, 5.41) is 9.31. The van der Waals surface area contributed by atoms with E-state index >= 15 is 0 Å². The highest BCUT2D eigenvalue weighted by atomic mass is 16.5. The van der Waals surface area contributed by atoms with Gasteiger partial charge in [0.05, 0.1) is 12.8 Å². The number of likely N-dealkylation sites (N-methyl/N-ethyl adjacent to an activating group) is 1. The molecule has 0 atom stereocenters. The van der Waals surface area contributed by atoms with Crippen LogP contribution in [0.5, 0.6) is 0 Å². The molecule has 0 amide bonds. The smallest absolute Gasteiger partial charge is 0.367 e. The van der Waals surface area contributed by atoms with Gasteiger partial charge in [0, 0.05) is 29.4 Å². The van der Waals surface area contributed by atoms with Crippen LogP contribution in [-0.4, -0.2) is 25.8 Å². The summed E-state index contributed by atoms with van der Waals surface area (Å²) in [5.41, 5.74) is 4.35. The normalized spacial score (nSPS) is 17.1. The van der Waals surface area contributed by atoms with Gasteiger partial charge in [0.2, 0.25) is 5.71 Å². The highest BCUT2D eigenvalue weighted by Crippen LogP contribution is 2.46. The SMILES string of the molecule is COC(=O)C(C#N)=N/C(=C/C=C1/N(C)c2ccccc2C1(C)C)c1ccccc1. The molecule has 0 N–H and O–H groups in total. The van der Waals surface area contributed by atoms with Gasteiger partial charge in [0.25, 0.3) is 0 Å². The van der Waals surface area contributed by atoms with E-state index in [1.807, 2.05) is 67.7 Å². The number of hydrogen-bond donors (Lipinski definition) is 0. The molecule has 2 aromatic rings. The zero-order valence-electron chi connectivity index (χ0n) is 17.0. The van der Waals surface area contributed by atoms with Crippen LogP contribution in [0.4, 0.5) is 5.69 Å². The summed E-state index contributed by atoms with van der Waals surface area (Å²) in [6, 6.07) is 19.6. The van der Waals surface area contributed by atoms with Gasteiger partial charge in [-0.05, 0) is 23.8 Å². The number of methoxy groups -OCH3 is 1. The Balaban J connectivity index is 2.12. The molecule has 0 aliphatic carbocycles. The Morgan fingerprint density at radius 2 is 1.79 bits per heavy atom. The summed E-state index contributed by atoms with van der Waals surface area (Å²) < 4.78 is 4.67.